The van der Waals surface area contributed by atoms with Crippen LogP contribution in [0.5, 0.6) is 0 Å². The summed E-state index contributed by atoms with van der Waals surface area (Å²) in [6.07, 6.45) is 5.05. The zero-order valence-corrected chi connectivity index (χ0v) is 15.7. The fourth-order valence-electron chi connectivity index (χ4n) is 3.81. The number of benzene rings is 1. The summed E-state index contributed by atoms with van der Waals surface area (Å²) < 4.78 is 0. The summed E-state index contributed by atoms with van der Waals surface area (Å²) in [6.45, 7) is 1.96. The maximum absolute atomic E-state index is 12.8. The number of piperidine rings is 1. The van der Waals surface area contributed by atoms with Gasteiger partial charge >= 0.3 is 0 Å². The lowest BCUT2D eigenvalue weighted by Crippen LogP contribution is -2.43. The number of hydrogen-bond donors (Lipinski definition) is 2. The van der Waals surface area contributed by atoms with Gasteiger partial charge in [0.25, 0.3) is 5.91 Å². The maximum Gasteiger partial charge on any atom is 0.274 e. The molecule has 1 unspecified atom stereocenters. The SMILES string of the molecule is O=C(/C=C/c1ccccc1)N1CCc2c(C(=O)N3CCCC(O)C3)n[nH]c2C1. The molecule has 1 aromatic heterocycles. The Kier molecular flexibility index (Phi) is 5.25. The van der Waals surface area contributed by atoms with E-state index in [1.807, 2.05) is 30.3 Å². The highest BCUT2D eigenvalue weighted by atomic mass is 16.3. The normalized spacial score (nSPS) is 19.7. The molecule has 2 N–H and O–H groups in total. The van der Waals surface area contributed by atoms with Gasteiger partial charge in [-0.3, -0.25) is 14.7 Å². The maximum atomic E-state index is 12.8. The number of aromatic nitrogens is 2. The fraction of sp³-hybridized carbons (Fsp3) is 0.381. The summed E-state index contributed by atoms with van der Waals surface area (Å²) in [7, 11) is 0. The molecule has 1 saturated heterocycles. The van der Waals surface area contributed by atoms with Crippen LogP contribution in [0, 0.1) is 0 Å². The Balaban J connectivity index is 1.43. The van der Waals surface area contributed by atoms with E-state index in [0.29, 0.717) is 38.3 Å². The number of β-amino-alcohol motifs (C(OH)–C–C–N with tert-alkyl or cyclic N) is 1. The third-order valence-corrected chi connectivity index (χ3v) is 5.35. The lowest BCUT2D eigenvalue weighted by Gasteiger charge is -2.30. The average Bonchev–Trinajstić information content (AvgIpc) is 3.15. The summed E-state index contributed by atoms with van der Waals surface area (Å²) in [4.78, 5) is 28.7. The van der Waals surface area contributed by atoms with Gasteiger partial charge in [0.1, 0.15) is 0 Å². The van der Waals surface area contributed by atoms with Crippen molar-refractivity contribution in [2.75, 3.05) is 19.6 Å². The first-order valence-corrected chi connectivity index (χ1v) is 9.67. The van der Waals surface area contributed by atoms with E-state index < -0.39 is 6.10 Å². The molecule has 146 valence electrons. The lowest BCUT2D eigenvalue weighted by molar-refractivity contribution is -0.126. The van der Waals surface area contributed by atoms with Crippen molar-refractivity contribution in [3.63, 3.8) is 0 Å². The number of amides is 2. The average molecular weight is 380 g/mol. The standard InChI is InChI=1S/C21H24N4O3/c26-16-7-4-11-25(13-16)21(28)20-17-10-12-24(14-18(17)22-23-20)19(27)9-8-15-5-2-1-3-6-15/h1-3,5-6,8-9,16,26H,4,7,10-14H2,(H,22,23)/b9-8+. The highest BCUT2D eigenvalue weighted by molar-refractivity contribution is 5.95. The van der Waals surface area contributed by atoms with Crippen LogP contribution in [0.2, 0.25) is 0 Å². The Morgan fingerprint density at radius 2 is 2.00 bits per heavy atom. The Morgan fingerprint density at radius 1 is 1.18 bits per heavy atom. The molecule has 0 saturated carbocycles. The van der Waals surface area contributed by atoms with Crippen LogP contribution in [0.25, 0.3) is 6.08 Å². The van der Waals surface area contributed by atoms with Gasteiger partial charge in [0, 0.05) is 31.3 Å². The number of rotatable bonds is 3. The van der Waals surface area contributed by atoms with Gasteiger partial charge in [-0.25, -0.2) is 0 Å². The van der Waals surface area contributed by atoms with Crippen molar-refractivity contribution in [1.29, 1.82) is 0 Å². The summed E-state index contributed by atoms with van der Waals surface area (Å²) in [5.74, 6) is -0.198. The zero-order valence-electron chi connectivity index (χ0n) is 15.7. The molecule has 0 spiro atoms. The smallest absolute Gasteiger partial charge is 0.274 e. The van der Waals surface area contributed by atoms with Gasteiger partial charge in [-0.05, 0) is 30.9 Å². The highest BCUT2D eigenvalue weighted by Crippen LogP contribution is 2.23. The van der Waals surface area contributed by atoms with E-state index >= 15 is 0 Å². The molecule has 7 heteroatoms. The van der Waals surface area contributed by atoms with E-state index in [1.165, 1.54) is 0 Å². The molecule has 0 aliphatic carbocycles. The third-order valence-electron chi connectivity index (χ3n) is 5.35. The predicted octanol–water partition coefficient (Wildman–Crippen LogP) is 1.60. The third kappa shape index (κ3) is 3.84. The Bertz CT molecular complexity index is 890. The number of likely N-dealkylation sites (tertiary alicyclic amines) is 1. The Morgan fingerprint density at radius 3 is 2.79 bits per heavy atom. The number of hydrogen-bond acceptors (Lipinski definition) is 4. The monoisotopic (exact) mass is 380 g/mol. The van der Waals surface area contributed by atoms with Crippen LogP contribution in [0.4, 0.5) is 0 Å². The van der Waals surface area contributed by atoms with E-state index in [0.717, 1.165) is 29.7 Å². The van der Waals surface area contributed by atoms with Crippen LogP contribution >= 0.6 is 0 Å². The van der Waals surface area contributed by atoms with Gasteiger partial charge < -0.3 is 14.9 Å². The van der Waals surface area contributed by atoms with Gasteiger partial charge in [-0.15, -0.1) is 0 Å². The number of aliphatic hydroxyl groups is 1. The predicted molar refractivity (Wildman–Crippen MR) is 104 cm³/mol. The molecule has 1 fully saturated rings. The number of carbonyl (C=O) groups excluding carboxylic acids is 2. The van der Waals surface area contributed by atoms with E-state index in [9.17, 15) is 14.7 Å². The first kappa shape index (κ1) is 18.4. The molecule has 1 aromatic carbocycles. The molecule has 7 nitrogen and oxygen atoms in total. The molecule has 1 atom stereocenters. The second kappa shape index (κ2) is 7.98. The second-order valence-electron chi connectivity index (χ2n) is 7.33. The molecule has 2 amide bonds. The molecule has 0 bridgehead atoms. The summed E-state index contributed by atoms with van der Waals surface area (Å²) >= 11 is 0. The van der Waals surface area contributed by atoms with E-state index in [2.05, 4.69) is 10.2 Å². The van der Waals surface area contributed by atoms with E-state index in [1.54, 1.807) is 22.0 Å². The number of aliphatic hydroxyl groups excluding tert-OH is 1. The van der Waals surface area contributed by atoms with Gasteiger partial charge in [-0.2, -0.15) is 5.10 Å². The summed E-state index contributed by atoms with van der Waals surface area (Å²) in [5.41, 5.74) is 3.11. The van der Waals surface area contributed by atoms with Crippen LogP contribution in [0.3, 0.4) is 0 Å². The van der Waals surface area contributed by atoms with E-state index in [-0.39, 0.29) is 11.8 Å². The molecular formula is C21H24N4O3. The van der Waals surface area contributed by atoms with Gasteiger partial charge in [0.05, 0.1) is 18.3 Å². The van der Waals surface area contributed by atoms with Crippen LogP contribution in [-0.2, 0) is 17.8 Å². The molecule has 2 aliphatic rings. The molecule has 28 heavy (non-hydrogen) atoms. The van der Waals surface area contributed by atoms with Crippen LogP contribution in [0.15, 0.2) is 36.4 Å². The van der Waals surface area contributed by atoms with Crippen LogP contribution < -0.4 is 0 Å². The highest BCUT2D eigenvalue weighted by Gasteiger charge is 2.30. The largest absolute Gasteiger partial charge is 0.391 e. The number of nitrogens with zero attached hydrogens (tertiary/aromatic N) is 3. The van der Waals surface area contributed by atoms with Gasteiger partial charge in [-0.1, -0.05) is 30.3 Å². The first-order valence-electron chi connectivity index (χ1n) is 9.67. The van der Waals surface area contributed by atoms with Gasteiger partial charge in [0.15, 0.2) is 5.69 Å². The topological polar surface area (TPSA) is 89.5 Å². The minimum atomic E-state index is -0.461. The van der Waals surface area contributed by atoms with E-state index in [4.69, 9.17) is 0 Å². The second-order valence-corrected chi connectivity index (χ2v) is 7.33. The van der Waals surface area contributed by atoms with Crippen molar-refractivity contribution in [3.05, 3.63) is 58.9 Å². The van der Waals surface area contributed by atoms with Crippen molar-refractivity contribution in [3.8, 4) is 0 Å². The fourth-order valence-corrected chi connectivity index (χ4v) is 3.81. The zero-order chi connectivity index (χ0) is 19.5. The Labute approximate surface area is 163 Å². The number of H-pyrrole nitrogens is 1. The molecule has 2 aromatic rings. The summed E-state index contributed by atoms with van der Waals surface area (Å²) in [6, 6.07) is 9.70. The number of nitrogens with one attached hydrogen (secondary N) is 1. The minimum Gasteiger partial charge on any atom is -0.391 e. The number of aromatic amines is 1. The van der Waals surface area contributed by atoms with Crippen LogP contribution in [-0.4, -0.2) is 62.7 Å². The number of carbonyl (C=O) groups is 2. The molecule has 3 heterocycles. The molecule has 2 aliphatic heterocycles. The van der Waals surface area contributed by atoms with Crippen molar-refractivity contribution in [2.45, 2.75) is 31.9 Å². The number of fused-ring (bicyclic) bond motifs is 1. The quantitative estimate of drug-likeness (QED) is 0.792. The molecule has 4 rings (SSSR count). The Hall–Kier alpha value is -2.93. The van der Waals surface area contributed by atoms with Crippen molar-refractivity contribution in [1.82, 2.24) is 20.0 Å². The minimum absolute atomic E-state index is 0.0591. The lowest BCUT2D eigenvalue weighted by atomic mass is 10.0. The van der Waals surface area contributed by atoms with Gasteiger partial charge in [0.2, 0.25) is 5.91 Å². The molecular weight excluding hydrogens is 356 g/mol. The first-order chi connectivity index (χ1) is 13.6. The van der Waals surface area contributed by atoms with Crippen molar-refractivity contribution >= 4 is 17.9 Å². The summed E-state index contributed by atoms with van der Waals surface area (Å²) in [5, 5.41) is 17.0. The van der Waals surface area contributed by atoms with Crippen molar-refractivity contribution < 1.29 is 14.7 Å². The molecule has 0 radical (unpaired) electrons. The van der Waals surface area contributed by atoms with Crippen LogP contribution in [0.1, 0.15) is 40.2 Å². The van der Waals surface area contributed by atoms with Crippen molar-refractivity contribution in [2.24, 2.45) is 0 Å².